The number of rotatable bonds is 9. The molecule has 0 bridgehead atoms. The molecule has 0 atom stereocenters. The van der Waals surface area contributed by atoms with E-state index in [1.165, 1.54) is 5.56 Å². The summed E-state index contributed by atoms with van der Waals surface area (Å²) in [6.45, 7) is 9.49. The molecule has 3 aromatic rings. The fraction of sp³-hybridized carbons (Fsp3) is 0.321. The van der Waals surface area contributed by atoms with Gasteiger partial charge in [0.25, 0.3) is 5.91 Å². The Morgan fingerprint density at radius 1 is 1.03 bits per heavy atom. The number of nitrogens with zero attached hydrogens (tertiary/aromatic N) is 4. The average molecular weight is 488 g/mol. The maximum absolute atomic E-state index is 11.9. The van der Waals surface area contributed by atoms with Crippen molar-refractivity contribution in [3.8, 4) is 0 Å². The number of hydrogen-bond acceptors (Lipinski definition) is 6. The van der Waals surface area contributed by atoms with Crippen LogP contribution in [0.15, 0.2) is 71.9 Å². The molecule has 1 saturated heterocycles. The van der Waals surface area contributed by atoms with E-state index in [1.54, 1.807) is 11.8 Å². The Labute approximate surface area is 212 Å². The molecule has 1 aromatic heterocycles. The normalized spacial score (nSPS) is 14.4. The van der Waals surface area contributed by atoms with E-state index in [2.05, 4.69) is 62.6 Å². The number of carbonyl (C=O) groups is 1. The predicted molar refractivity (Wildman–Crippen MR) is 145 cm³/mol. The van der Waals surface area contributed by atoms with E-state index in [4.69, 9.17) is 4.98 Å². The Morgan fingerprint density at radius 2 is 1.77 bits per heavy atom. The lowest BCUT2D eigenvalue weighted by Gasteiger charge is -2.35. The molecule has 182 valence electrons. The quantitative estimate of drug-likeness (QED) is 0.350. The van der Waals surface area contributed by atoms with Gasteiger partial charge in [0.15, 0.2) is 5.16 Å². The third kappa shape index (κ3) is 7.41. The van der Waals surface area contributed by atoms with Gasteiger partial charge in [0.05, 0.1) is 0 Å². The zero-order valence-corrected chi connectivity index (χ0v) is 21.3. The van der Waals surface area contributed by atoms with E-state index in [-0.39, 0.29) is 5.91 Å². The number of aromatic nitrogens is 2. The SMILES string of the molecule is CCNC(=O)c1ccc(CSc2nc(C)cc(N3CCN(C/C=C/c4ccccc4)CC3)n2)cc1. The highest BCUT2D eigenvalue weighted by Crippen LogP contribution is 2.24. The van der Waals surface area contributed by atoms with Crippen LogP contribution in [0.4, 0.5) is 5.82 Å². The molecule has 7 heteroatoms. The molecule has 1 fully saturated rings. The number of thioether (sulfide) groups is 1. The zero-order valence-electron chi connectivity index (χ0n) is 20.5. The minimum atomic E-state index is -0.0364. The number of benzene rings is 2. The van der Waals surface area contributed by atoms with Gasteiger partial charge in [-0.25, -0.2) is 9.97 Å². The first-order valence-electron chi connectivity index (χ1n) is 12.1. The second-order valence-corrected chi connectivity index (χ2v) is 9.54. The molecular weight excluding hydrogens is 454 g/mol. The van der Waals surface area contributed by atoms with Gasteiger partial charge in [-0.3, -0.25) is 9.69 Å². The number of piperazine rings is 1. The van der Waals surface area contributed by atoms with Gasteiger partial charge in [-0.1, -0.05) is 66.4 Å². The van der Waals surface area contributed by atoms with E-state index in [0.717, 1.165) is 60.7 Å². The highest BCUT2D eigenvalue weighted by molar-refractivity contribution is 7.98. The van der Waals surface area contributed by atoms with Gasteiger partial charge in [0.2, 0.25) is 0 Å². The fourth-order valence-electron chi connectivity index (χ4n) is 3.98. The van der Waals surface area contributed by atoms with Crippen molar-refractivity contribution in [3.63, 3.8) is 0 Å². The summed E-state index contributed by atoms with van der Waals surface area (Å²) in [4.78, 5) is 26.3. The van der Waals surface area contributed by atoms with Gasteiger partial charge in [-0.15, -0.1) is 0 Å². The van der Waals surface area contributed by atoms with E-state index >= 15 is 0 Å². The zero-order chi connectivity index (χ0) is 24.5. The van der Waals surface area contributed by atoms with Crippen molar-refractivity contribution in [2.45, 2.75) is 24.8 Å². The van der Waals surface area contributed by atoms with Crippen LogP contribution >= 0.6 is 11.8 Å². The molecule has 0 unspecified atom stereocenters. The Kier molecular flexibility index (Phi) is 8.92. The van der Waals surface area contributed by atoms with Crippen LogP contribution in [-0.2, 0) is 5.75 Å². The number of aryl methyl sites for hydroxylation is 1. The van der Waals surface area contributed by atoms with Gasteiger partial charge in [-0.05, 0) is 37.1 Å². The number of anilines is 1. The van der Waals surface area contributed by atoms with E-state index in [1.807, 2.05) is 44.2 Å². The van der Waals surface area contributed by atoms with Crippen LogP contribution < -0.4 is 10.2 Å². The van der Waals surface area contributed by atoms with Gasteiger partial charge in [0, 0.05) is 62.3 Å². The minimum absolute atomic E-state index is 0.0364. The highest BCUT2D eigenvalue weighted by atomic mass is 32.2. The Hall–Kier alpha value is -3.16. The van der Waals surface area contributed by atoms with Crippen LogP contribution in [0.1, 0.15) is 34.1 Å². The lowest BCUT2D eigenvalue weighted by atomic mass is 10.1. The minimum Gasteiger partial charge on any atom is -0.354 e. The third-order valence-corrected chi connectivity index (χ3v) is 6.83. The van der Waals surface area contributed by atoms with Crippen LogP contribution in [0, 0.1) is 6.92 Å². The number of hydrogen-bond donors (Lipinski definition) is 1. The first-order chi connectivity index (χ1) is 17.1. The summed E-state index contributed by atoms with van der Waals surface area (Å²) in [5, 5.41) is 3.62. The van der Waals surface area contributed by atoms with Gasteiger partial charge in [-0.2, -0.15) is 0 Å². The molecule has 35 heavy (non-hydrogen) atoms. The van der Waals surface area contributed by atoms with Crippen LogP contribution in [0.25, 0.3) is 6.08 Å². The van der Waals surface area contributed by atoms with Crippen LogP contribution in [-0.4, -0.2) is 60.0 Å². The molecule has 0 radical (unpaired) electrons. The molecule has 1 aliphatic heterocycles. The first-order valence-corrected chi connectivity index (χ1v) is 13.1. The maximum atomic E-state index is 11.9. The van der Waals surface area contributed by atoms with E-state index in [0.29, 0.717) is 12.1 Å². The molecule has 1 N–H and O–H groups in total. The van der Waals surface area contributed by atoms with Gasteiger partial charge < -0.3 is 10.2 Å². The number of amides is 1. The molecule has 6 nitrogen and oxygen atoms in total. The maximum Gasteiger partial charge on any atom is 0.251 e. The Bertz CT molecular complexity index is 1130. The third-order valence-electron chi connectivity index (χ3n) is 5.91. The molecule has 1 aliphatic rings. The molecule has 2 aromatic carbocycles. The largest absolute Gasteiger partial charge is 0.354 e. The topological polar surface area (TPSA) is 61.4 Å². The molecule has 2 heterocycles. The monoisotopic (exact) mass is 487 g/mol. The lowest BCUT2D eigenvalue weighted by Crippen LogP contribution is -2.46. The fourth-order valence-corrected chi connectivity index (χ4v) is 4.83. The molecule has 4 rings (SSSR count). The summed E-state index contributed by atoms with van der Waals surface area (Å²) in [5.74, 6) is 1.73. The number of nitrogens with one attached hydrogen (secondary N) is 1. The summed E-state index contributed by atoms with van der Waals surface area (Å²) in [6, 6.07) is 20.3. The molecule has 0 saturated carbocycles. The van der Waals surface area contributed by atoms with Gasteiger partial charge >= 0.3 is 0 Å². The first kappa shape index (κ1) is 24.9. The van der Waals surface area contributed by atoms with Crippen LogP contribution in [0.3, 0.4) is 0 Å². The molecule has 1 amide bonds. The smallest absolute Gasteiger partial charge is 0.251 e. The molecule has 0 aliphatic carbocycles. The van der Waals surface area contributed by atoms with Crippen molar-refractivity contribution in [2.75, 3.05) is 44.2 Å². The van der Waals surface area contributed by atoms with E-state index < -0.39 is 0 Å². The second kappa shape index (κ2) is 12.5. The summed E-state index contributed by atoms with van der Waals surface area (Å²) in [6.07, 6.45) is 4.44. The molecular formula is C28H33N5OS. The van der Waals surface area contributed by atoms with Crippen molar-refractivity contribution >= 4 is 29.6 Å². The van der Waals surface area contributed by atoms with Crippen molar-refractivity contribution < 1.29 is 4.79 Å². The molecule has 0 spiro atoms. The van der Waals surface area contributed by atoms with Crippen molar-refractivity contribution in [1.82, 2.24) is 20.2 Å². The van der Waals surface area contributed by atoms with Crippen LogP contribution in [0.5, 0.6) is 0 Å². The van der Waals surface area contributed by atoms with Gasteiger partial charge in [0.1, 0.15) is 5.82 Å². The van der Waals surface area contributed by atoms with Crippen molar-refractivity contribution in [2.24, 2.45) is 0 Å². The lowest BCUT2D eigenvalue weighted by molar-refractivity contribution is 0.0956. The number of carbonyl (C=O) groups excluding carboxylic acids is 1. The Morgan fingerprint density at radius 3 is 2.49 bits per heavy atom. The van der Waals surface area contributed by atoms with E-state index in [9.17, 15) is 4.79 Å². The summed E-state index contributed by atoms with van der Waals surface area (Å²) < 4.78 is 0. The standard InChI is InChI=1S/C28H33N5OS/c1-3-29-27(34)25-13-11-24(12-14-25)21-35-28-30-22(2)20-26(31-28)33-18-16-32(17-19-33)15-7-10-23-8-5-4-6-9-23/h4-14,20H,3,15-19,21H2,1-2H3,(H,29,34)/b10-7+. The second-order valence-electron chi connectivity index (χ2n) is 8.60. The average Bonchev–Trinajstić information content (AvgIpc) is 2.89. The summed E-state index contributed by atoms with van der Waals surface area (Å²) >= 11 is 1.63. The van der Waals surface area contributed by atoms with Crippen molar-refractivity contribution in [3.05, 3.63) is 89.1 Å². The summed E-state index contributed by atoms with van der Waals surface area (Å²) in [5.41, 5.74) is 4.05. The predicted octanol–water partition coefficient (Wildman–Crippen LogP) is 4.66. The van der Waals surface area contributed by atoms with Crippen LogP contribution in [0.2, 0.25) is 0 Å². The Balaban J connectivity index is 1.29. The summed E-state index contributed by atoms with van der Waals surface area (Å²) in [7, 11) is 0. The highest BCUT2D eigenvalue weighted by Gasteiger charge is 2.18. The van der Waals surface area contributed by atoms with Crippen molar-refractivity contribution in [1.29, 1.82) is 0 Å².